The molecule has 8 heteroatoms. The molecule has 30 heavy (non-hydrogen) atoms. The normalized spacial score (nSPS) is 11.5. The summed E-state index contributed by atoms with van der Waals surface area (Å²) in [4.78, 5) is 4.42. The van der Waals surface area contributed by atoms with Crippen molar-refractivity contribution in [2.24, 2.45) is 0 Å². The smallest absolute Gasteiger partial charge is 0.240 e. The highest BCUT2D eigenvalue weighted by Gasteiger charge is 2.14. The lowest BCUT2D eigenvalue weighted by Crippen LogP contribution is -2.23. The van der Waals surface area contributed by atoms with Gasteiger partial charge in [0, 0.05) is 12.7 Å². The van der Waals surface area contributed by atoms with E-state index in [1.54, 1.807) is 73.1 Å². The minimum atomic E-state index is -3.68. The van der Waals surface area contributed by atoms with E-state index in [1.165, 1.54) is 0 Å². The summed E-state index contributed by atoms with van der Waals surface area (Å²) in [6.45, 7) is 0.132. The van der Waals surface area contributed by atoms with E-state index < -0.39 is 10.0 Å². The van der Waals surface area contributed by atoms with Gasteiger partial charge in [0.25, 0.3) is 0 Å². The molecule has 0 unspecified atom stereocenters. The number of hydrogen-bond acceptors (Lipinski definition) is 4. The van der Waals surface area contributed by atoms with Crippen LogP contribution in [0.25, 0.3) is 22.6 Å². The van der Waals surface area contributed by atoms with Crippen molar-refractivity contribution in [1.82, 2.24) is 9.71 Å². The van der Waals surface area contributed by atoms with Crippen LogP contribution < -0.4 is 4.72 Å². The second-order valence-corrected chi connectivity index (χ2v) is 9.09. The Bertz CT molecular complexity index is 1270. The van der Waals surface area contributed by atoms with E-state index >= 15 is 0 Å². The van der Waals surface area contributed by atoms with Crippen molar-refractivity contribution >= 4 is 33.2 Å². The summed E-state index contributed by atoms with van der Waals surface area (Å²) < 4.78 is 33.3. The van der Waals surface area contributed by atoms with Crippen LogP contribution in [0.4, 0.5) is 0 Å². The Morgan fingerprint density at radius 2 is 1.67 bits per heavy atom. The molecule has 0 saturated carbocycles. The Hall–Kier alpha value is -2.64. The zero-order chi connectivity index (χ0) is 21.1. The average Bonchev–Trinajstić information content (AvgIpc) is 3.30. The van der Waals surface area contributed by atoms with E-state index in [4.69, 9.17) is 27.6 Å². The minimum absolute atomic E-state index is 0.132. The Morgan fingerprint density at radius 3 is 2.37 bits per heavy atom. The summed E-state index contributed by atoms with van der Waals surface area (Å²) in [5, 5.41) is 0.911. The van der Waals surface area contributed by atoms with Crippen molar-refractivity contribution in [1.29, 1.82) is 0 Å². The summed E-state index contributed by atoms with van der Waals surface area (Å²) in [7, 11) is -3.68. The van der Waals surface area contributed by atoms with Crippen LogP contribution in [-0.2, 0) is 16.6 Å². The molecule has 5 nitrogen and oxygen atoms in total. The maximum atomic E-state index is 12.7. The molecule has 0 aliphatic heterocycles. The number of aromatic nitrogens is 1. The van der Waals surface area contributed by atoms with E-state index in [0.29, 0.717) is 21.5 Å². The van der Waals surface area contributed by atoms with Crippen LogP contribution in [0.1, 0.15) is 5.56 Å². The van der Waals surface area contributed by atoms with Gasteiger partial charge in [-0.15, -0.1) is 0 Å². The maximum absolute atomic E-state index is 12.7. The Labute approximate surface area is 184 Å². The molecule has 4 rings (SSSR count). The van der Waals surface area contributed by atoms with Crippen LogP contribution in [0.2, 0.25) is 10.0 Å². The Kier molecular flexibility index (Phi) is 5.92. The summed E-state index contributed by atoms with van der Waals surface area (Å²) in [5.74, 6) is 0.623. The van der Waals surface area contributed by atoms with E-state index in [-0.39, 0.29) is 11.4 Å². The first-order valence-corrected chi connectivity index (χ1v) is 11.2. The van der Waals surface area contributed by atoms with Gasteiger partial charge in [0.2, 0.25) is 10.0 Å². The molecular weight excluding hydrogens is 443 g/mol. The van der Waals surface area contributed by atoms with Crippen LogP contribution in [0, 0.1) is 0 Å². The fourth-order valence-corrected chi connectivity index (χ4v) is 4.22. The predicted octanol–water partition coefficient (Wildman–Crippen LogP) is 5.79. The number of nitrogens with zero attached hydrogens (tertiary/aromatic N) is 1. The third-order valence-electron chi connectivity index (χ3n) is 4.48. The van der Waals surface area contributed by atoms with Gasteiger partial charge in [-0.05, 0) is 65.2 Å². The van der Waals surface area contributed by atoms with Crippen LogP contribution in [0.15, 0.2) is 88.5 Å². The number of rotatable bonds is 6. The van der Waals surface area contributed by atoms with Crippen molar-refractivity contribution in [2.75, 3.05) is 0 Å². The van der Waals surface area contributed by atoms with Gasteiger partial charge in [-0.2, -0.15) is 0 Å². The Morgan fingerprint density at radius 1 is 0.900 bits per heavy atom. The number of hydrogen-bond donors (Lipinski definition) is 1. The number of benzene rings is 2. The van der Waals surface area contributed by atoms with E-state index in [2.05, 4.69) is 9.71 Å². The topological polar surface area (TPSA) is 72.2 Å². The Balaban J connectivity index is 1.49. The second kappa shape index (κ2) is 8.62. The number of nitrogens with one attached hydrogen (secondary N) is 1. The monoisotopic (exact) mass is 458 g/mol. The van der Waals surface area contributed by atoms with Gasteiger partial charge >= 0.3 is 0 Å². The van der Waals surface area contributed by atoms with Crippen LogP contribution in [0.3, 0.4) is 0 Å². The van der Waals surface area contributed by atoms with Gasteiger partial charge in [0.1, 0.15) is 5.69 Å². The number of sulfonamides is 1. The predicted molar refractivity (Wildman–Crippen MR) is 118 cm³/mol. The maximum Gasteiger partial charge on any atom is 0.240 e. The SMILES string of the molecule is O=S(=O)(NCc1ccnc(-c2ccco2)c1)c1ccc(-c2ccc(Cl)c(Cl)c2)cc1. The molecule has 0 atom stereocenters. The fourth-order valence-electron chi connectivity index (χ4n) is 2.91. The third-order valence-corrected chi connectivity index (χ3v) is 6.64. The largest absolute Gasteiger partial charge is 0.463 e. The van der Waals surface area contributed by atoms with E-state index in [1.807, 2.05) is 6.07 Å². The van der Waals surface area contributed by atoms with E-state index in [0.717, 1.165) is 16.7 Å². The molecule has 4 aromatic rings. The summed E-state index contributed by atoms with van der Waals surface area (Å²) >= 11 is 12.0. The molecule has 0 amide bonds. The molecule has 2 heterocycles. The molecule has 0 spiro atoms. The number of halogens is 2. The van der Waals surface area contributed by atoms with Gasteiger partial charge in [-0.25, -0.2) is 13.1 Å². The lowest BCUT2D eigenvalue weighted by Gasteiger charge is -2.09. The van der Waals surface area contributed by atoms with Crippen molar-refractivity contribution < 1.29 is 12.8 Å². The first kappa shape index (κ1) is 20.6. The molecule has 0 aliphatic rings. The summed E-state index contributed by atoms with van der Waals surface area (Å²) in [6.07, 6.45) is 3.18. The first-order chi connectivity index (χ1) is 14.4. The van der Waals surface area contributed by atoms with Gasteiger partial charge in [-0.3, -0.25) is 4.98 Å². The third kappa shape index (κ3) is 4.57. The highest BCUT2D eigenvalue weighted by atomic mass is 35.5. The highest BCUT2D eigenvalue weighted by molar-refractivity contribution is 7.89. The highest BCUT2D eigenvalue weighted by Crippen LogP contribution is 2.29. The average molecular weight is 459 g/mol. The molecule has 0 radical (unpaired) electrons. The lowest BCUT2D eigenvalue weighted by atomic mass is 10.1. The molecule has 1 N–H and O–H groups in total. The molecule has 2 aromatic heterocycles. The standard InChI is InChI=1S/C22H16Cl2N2O3S/c23-19-8-5-17(13-20(19)24)16-3-6-18(7-4-16)30(27,28)26-14-15-9-10-25-21(12-15)22-2-1-11-29-22/h1-13,26H,14H2. The second-order valence-electron chi connectivity index (χ2n) is 6.50. The molecule has 0 saturated heterocycles. The number of pyridine rings is 1. The summed E-state index contributed by atoms with van der Waals surface area (Å²) in [5.41, 5.74) is 3.10. The molecule has 152 valence electrons. The quantitative estimate of drug-likeness (QED) is 0.396. The van der Waals surface area contributed by atoms with Crippen molar-refractivity contribution in [3.63, 3.8) is 0 Å². The number of furan rings is 1. The van der Waals surface area contributed by atoms with Gasteiger partial charge in [-0.1, -0.05) is 41.4 Å². The zero-order valence-electron chi connectivity index (χ0n) is 15.5. The van der Waals surface area contributed by atoms with Crippen LogP contribution in [0.5, 0.6) is 0 Å². The van der Waals surface area contributed by atoms with E-state index in [9.17, 15) is 8.42 Å². The molecule has 0 bridgehead atoms. The van der Waals surface area contributed by atoms with Gasteiger partial charge in [0.15, 0.2) is 5.76 Å². The van der Waals surface area contributed by atoms with Gasteiger partial charge in [0.05, 0.1) is 21.2 Å². The molecule has 0 fully saturated rings. The lowest BCUT2D eigenvalue weighted by molar-refractivity contribution is 0.579. The van der Waals surface area contributed by atoms with Crippen molar-refractivity contribution in [3.8, 4) is 22.6 Å². The van der Waals surface area contributed by atoms with Crippen LogP contribution >= 0.6 is 23.2 Å². The van der Waals surface area contributed by atoms with Crippen molar-refractivity contribution in [2.45, 2.75) is 11.4 Å². The van der Waals surface area contributed by atoms with Crippen molar-refractivity contribution in [3.05, 3.63) is 94.8 Å². The first-order valence-electron chi connectivity index (χ1n) is 8.96. The summed E-state index contributed by atoms with van der Waals surface area (Å²) in [6, 6.07) is 19.0. The zero-order valence-corrected chi connectivity index (χ0v) is 17.9. The fraction of sp³-hybridized carbons (Fsp3) is 0.0455. The molecule has 2 aromatic carbocycles. The van der Waals surface area contributed by atoms with Gasteiger partial charge < -0.3 is 4.42 Å². The van der Waals surface area contributed by atoms with Crippen LogP contribution in [-0.4, -0.2) is 13.4 Å². The minimum Gasteiger partial charge on any atom is -0.463 e. The molecule has 0 aliphatic carbocycles. The molecular formula is C22H16Cl2N2O3S.